The third kappa shape index (κ3) is 3.23. The third-order valence-corrected chi connectivity index (χ3v) is 6.81. The molecule has 0 unspecified atom stereocenters. The normalized spacial score (nSPS) is 27.0. The maximum absolute atomic E-state index is 13.5. The second-order valence-corrected chi connectivity index (χ2v) is 8.63. The highest BCUT2D eigenvalue weighted by Crippen LogP contribution is 2.41. The number of carbonyl (C=O) groups is 1. The first kappa shape index (κ1) is 16.0. The number of hydrogen-bond donors (Lipinski definition) is 0. The van der Waals surface area contributed by atoms with Gasteiger partial charge in [-0.05, 0) is 18.2 Å². The highest BCUT2D eigenvalue weighted by Gasteiger charge is 2.49. The van der Waals surface area contributed by atoms with E-state index in [-0.39, 0.29) is 29.2 Å². The van der Waals surface area contributed by atoms with Crippen molar-refractivity contribution in [1.82, 2.24) is 0 Å². The van der Waals surface area contributed by atoms with Crippen LogP contribution in [-0.4, -0.2) is 42.3 Å². The van der Waals surface area contributed by atoms with Crippen LogP contribution < -0.4 is 4.90 Å². The molecule has 1 aromatic carbocycles. The summed E-state index contributed by atoms with van der Waals surface area (Å²) in [6, 6.07) is 7.06. The summed E-state index contributed by atoms with van der Waals surface area (Å²) in [6.45, 7) is 0. The van der Waals surface area contributed by atoms with Crippen LogP contribution in [0, 0.1) is 17.1 Å². The highest BCUT2D eigenvalue weighted by molar-refractivity contribution is 8.16. The van der Waals surface area contributed by atoms with Crippen molar-refractivity contribution >= 4 is 38.4 Å². The van der Waals surface area contributed by atoms with Crippen molar-refractivity contribution in [2.24, 2.45) is 4.99 Å². The fourth-order valence-corrected chi connectivity index (χ4v) is 6.64. The zero-order valence-corrected chi connectivity index (χ0v) is 13.5. The summed E-state index contributed by atoms with van der Waals surface area (Å²) >= 11 is 1.19. The minimum Gasteiger partial charge on any atom is -0.315 e. The molecule has 2 saturated heterocycles. The Kier molecular flexibility index (Phi) is 4.12. The molecule has 2 atom stereocenters. The van der Waals surface area contributed by atoms with Crippen LogP contribution in [0.3, 0.4) is 0 Å². The number of sulfone groups is 1. The maximum Gasteiger partial charge on any atom is 0.262 e. The van der Waals surface area contributed by atoms with Gasteiger partial charge in [-0.1, -0.05) is 17.8 Å². The summed E-state index contributed by atoms with van der Waals surface area (Å²) < 4.78 is 37.2. The van der Waals surface area contributed by atoms with Gasteiger partial charge in [0.25, 0.3) is 5.91 Å². The molecule has 0 N–H and O–H groups in total. The van der Waals surface area contributed by atoms with Gasteiger partial charge in [-0.15, -0.1) is 0 Å². The minimum absolute atomic E-state index is 0.000387. The van der Waals surface area contributed by atoms with Crippen LogP contribution in [0.1, 0.15) is 6.42 Å². The lowest BCUT2D eigenvalue weighted by atomic mass is 10.2. The Hall–Kier alpha value is -1.92. The number of anilines is 1. The standard InChI is InChI=1S/C14H12FN3O3S2/c15-9-2-1-3-10(6-9)18-11-7-23(20,21)8-12(11)22-14(18)17-13(19)4-5-16/h1-3,6,11-12H,4,7-8H2/t11-,12+/m0/s1. The van der Waals surface area contributed by atoms with E-state index >= 15 is 0 Å². The SMILES string of the molecule is N#CCC(=O)N=C1S[C@@H]2CS(=O)(=O)C[C@@H]2N1c1cccc(F)c1. The van der Waals surface area contributed by atoms with Crippen molar-refractivity contribution in [1.29, 1.82) is 5.26 Å². The Bertz CT molecular complexity index is 832. The monoisotopic (exact) mass is 353 g/mol. The van der Waals surface area contributed by atoms with Gasteiger partial charge in [0, 0.05) is 10.9 Å². The van der Waals surface area contributed by atoms with Crippen molar-refractivity contribution in [3.63, 3.8) is 0 Å². The van der Waals surface area contributed by atoms with E-state index in [0.29, 0.717) is 10.9 Å². The van der Waals surface area contributed by atoms with Crippen molar-refractivity contribution in [3.05, 3.63) is 30.1 Å². The molecule has 23 heavy (non-hydrogen) atoms. The lowest BCUT2D eigenvalue weighted by molar-refractivity contribution is -0.116. The van der Waals surface area contributed by atoms with Gasteiger partial charge < -0.3 is 4.90 Å². The molecule has 0 spiro atoms. The number of nitriles is 1. The highest BCUT2D eigenvalue weighted by atomic mass is 32.2. The van der Waals surface area contributed by atoms with Gasteiger partial charge in [0.2, 0.25) is 0 Å². The Morgan fingerprint density at radius 1 is 1.48 bits per heavy atom. The van der Waals surface area contributed by atoms with Crippen LogP contribution in [0.4, 0.5) is 10.1 Å². The van der Waals surface area contributed by atoms with Crippen LogP contribution >= 0.6 is 11.8 Å². The average molecular weight is 353 g/mol. The number of fused-ring (bicyclic) bond motifs is 1. The summed E-state index contributed by atoms with van der Waals surface area (Å²) in [7, 11) is -3.17. The average Bonchev–Trinajstić information content (AvgIpc) is 2.89. The van der Waals surface area contributed by atoms with E-state index in [1.165, 1.54) is 30.0 Å². The van der Waals surface area contributed by atoms with E-state index in [1.807, 2.05) is 0 Å². The van der Waals surface area contributed by atoms with Gasteiger partial charge in [0.15, 0.2) is 15.0 Å². The predicted octanol–water partition coefficient (Wildman–Crippen LogP) is 1.34. The first-order valence-electron chi connectivity index (χ1n) is 6.80. The molecule has 0 aliphatic carbocycles. The van der Waals surface area contributed by atoms with Crippen molar-refractivity contribution < 1.29 is 17.6 Å². The molecule has 0 bridgehead atoms. The molecule has 0 saturated carbocycles. The summed E-state index contributed by atoms with van der Waals surface area (Å²) in [4.78, 5) is 17.2. The number of halogens is 1. The third-order valence-electron chi connectivity index (χ3n) is 3.60. The molecule has 3 rings (SSSR count). The lowest BCUT2D eigenvalue weighted by Crippen LogP contribution is -2.37. The van der Waals surface area contributed by atoms with Gasteiger partial charge in [-0.25, -0.2) is 12.8 Å². The number of amidine groups is 1. The number of amides is 1. The zero-order valence-electron chi connectivity index (χ0n) is 11.8. The van der Waals surface area contributed by atoms with E-state index in [0.717, 1.165) is 0 Å². The van der Waals surface area contributed by atoms with Crippen molar-refractivity contribution in [3.8, 4) is 6.07 Å². The minimum atomic E-state index is -3.17. The van der Waals surface area contributed by atoms with Crippen LogP contribution in [0.2, 0.25) is 0 Å². The summed E-state index contributed by atoms with van der Waals surface area (Å²) in [5.41, 5.74) is 0.450. The zero-order chi connectivity index (χ0) is 16.6. The topological polar surface area (TPSA) is 90.6 Å². The second-order valence-electron chi connectivity index (χ2n) is 5.27. The summed E-state index contributed by atoms with van der Waals surface area (Å²) in [6.07, 6.45) is -0.352. The fraction of sp³-hybridized carbons (Fsp3) is 0.357. The molecule has 6 nitrogen and oxygen atoms in total. The molecule has 2 fully saturated rings. The van der Waals surface area contributed by atoms with Crippen LogP contribution in [-0.2, 0) is 14.6 Å². The number of rotatable bonds is 2. The molecular weight excluding hydrogens is 341 g/mol. The van der Waals surface area contributed by atoms with Crippen molar-refractivity contribution in [2.45, 2.75) is 17.7 Å². The first-order valence-corrected chi connectivity index (χ1v) is 9.50. The van der Waals surface area contributed by atoms with Crippen LogP contribution in [0.25, 0.3) is 0 Å². The summed E-state index contributed by atoms with van der Waals surface area (Å²) in [5, 5.41) is 8.64. The molecule has 120 valence electrons. The maximum atomic E-state index is 13.5. The molecule has 2 heterocycles. The summed E-state index contributed by atoms with van der Waals surface area (Å²) in [5.74, 6) is -1.12. The Labute approximate surface area is 136 Å². The number of thioether (sulfide) groups is 1. The molecule has 2 aliphatic heterocycles. The smallest absolute Gasteiger partial charge is 0.262 e. The van der Waals surface area contributed by atoms with E-state index < -0.39 is 21.6 Å². The molecule has 1 amide bonds. The fourth-order valence-electron chi connectivity index (χ4n) is 2.71. The molecule has 0 radical (unpaired) electrons. The van der Waals surface area contributed by atoms with E-state index in [1.54, 1.807) is 17.0 Å². The molecule has 0 aromatic heterocycles. The Morgan fingerprint density at radius 2 is 2.26 bits per heavy atom. The van der Waals surface area contributed by atoms with Crippen molar-refractivity contribution in [2.75, 3.05) is 16.4 Å². The number of aliphatic imine (C=N–C) groups is 1. The van der Waals surface area contributed by atoms with E-state index in [2.05, 4.69) is 4.99 Å². The van der Waals surface area contributed by atoms with Gasteiger partial charge in [0.05, 0.1) is 23.6 Å². The lowest BCUT2D eigenvalue weighted by Gasteiger charge is -2.24. The van der Waals surface area contributed by atoms with E-state index in [4.69, 9.17) is 5.26 Å². The van der Waals surface area contributed by atoms with Gasteiger partial charge in [0.1, 0.15) is 12.2 Å². The van der Waals surface area contributed by atoms with Crippen LogP contribution in [0.5, 0.6) is 0 Å². The van der Waals surface area contributed by atoms with E-state index in [9.17, 15) is 17.6 Å². The number of carbonyl (C=O) groups excluding carboxylic acids is 1. The Balaban J connectivity index is 2.01. The second kappa shape index (κ2) is 5.94. The molecule has 1 aromatic rings. The van der Waals surface area contributed by atoms with Crippen LogP contribution in [0.15, 0.2) is 29.3 Å². The Morgan fingerprint density at radius 3 is 2.96 bits per heavy atom. The molecule has 2 aliphatic rings. The largest absolute Gasteiger partial charge is 0.315 e. The van der Waals surface area contributed by atoms with Gasteiger partial charge in [-0.3, -0.25) is 4.79 Å². The molecule has 9 heteroatoms. The predicted molar refractivity (Wildman–Crippen MR) is 85.4 cm³/mol. The van der Waals surface area contributed by atoms with Gasteiger partial charge in [-0.2, -0.15) is 10.3 Å². The number of benzene rings is 1. The number of nitrogens with zero attached hydrogens (tertiary/aromatic N) is 3. The number of hydrogen-bond acceptors (Lipinski definition) is 5. The quantitative estimate of drug-likeness (QED) is 0.797. The first-order chi connectivity index (χ1) is 10.9. The molecular formula is C14H12FN3O3S2. The van der Waals surface area contributed by atoms with Gasteiger partial charge >= 0.3 is 0 Å².